The van der Waals surface area contributed by atoms with E-state index in [1.54, 1.807) is 0 Å². The molecule has 20 heavy (non-hydrogen) atoms. The van der Waals surface area contributed by atoms with Crippen molar-refractivity contribution >= 4 is 0 Å². The number of hydrogen-bond acceptors (Lipinski definition) is 3. The average molecular weight is 280 g/mol. The third-order valence-electron chi connectivity index (χ3n) is 5.57. The molecule has 2 heterocycles. The number of rotatable bonds is 4. The van der Waals surface area contributed by atoms with Crippen LogP contribution >= 0.6 is 0 Å². The standard InChI is InChI=1S/C17H32N2O/c1-14-11-15(12-14)13-19-9-5-17(6-10-19)20-16-3-7-18(2)8-4-16/h14-17H,3-13H2,1-2H3/t14-,15+. The molecular weight excluding hydrogens is 248 g/mol. The Morgan fingerprint density at radius 2 is 1.45 bits per heavy atom. The predicted molar refractivity (Wildman–Crippen MR) is 83.0 cm³/mol. The fourth-order valence-electron chi connectivity index (χ4n) is 4.20. The van der Waals surface area contributed by atoms with Crippen LogP contribution in [-0.4, -0.2) is 61.8 Å². The summed E-state index contributed by atoms with van der Waals surface area (Å²) in [6.45, 7) is 8.69. The van der Waals surface area contributed by atoms with E-state index in [0.29, 0.717) is 12.2 Å². The summed E-state index contributed by atoms with van der Waals surface area (Å²) in [5.74, 6) is 1.99. The smallest absolute Gasteiger partial charge is 0.0603 e. The van der Waals surface area contributed by atoms with Crippen molar-refractivity contribution < 1.29 is 4.74 Å². The van der Waals surface area contributed by atoms with E-state index < -0.39 is 0 Å². The summed E-state index contributed by atoms with van der Waals surface area (Å²) in [5, 5.41) is 0. The monoisotopic (exact) mass is 280 g/mol. The average Bonchev–Trinajstić information content (AvgIpc) is 2.42. The Kier molecular flexibility index (Phi) is 5.00. The van der Waals surface area contributed by atoms with Gasteiger partial charge in [-0.1, -0.05) is 6.92 Å². The summed E-state index contributed by atoms with van der Waals surface area (Å²) in [5.41, 5.74) is 0. The van der Waals surface area contributed by atoms with E-state index in [9.17, 15) is 0 Å². The van der Waals surface area contributed by atoms with Crippen molar-refractivity contribution in [3.05, 3.63) is 0 Å². The zero-order chi connectivity index (χ0) is 13.9. The van der Waals surface area contributed by atoms with Gasteiger partial charge in [0.1, 0.15) is 0 Å². The molecule has 3 heteroatoms. The molecule has 2 saturated heterocycles. The van der Waals surface area contributed by atoms with Crippen molar-refractivity contribution in [2.24, 2.45) is 11.8 Å². The van der Waals surface area contributed by atoms with Crippen LogP contribution in [0, 0.1) is 11.8 Å². The van der Waals surface area contributed by atoms with Crippen LogP contribution in [0.5, 0.6) is 0 Å². The number of likely N-dealkylation sites (tertiary alicyclic amines) is 2. The van der Waals surface area contributed by atoms with E-state index in [4.69, 9.17) is 4.74 Å². The van der Waals surface area contributed by atoms with Gasteiger partial charge < -0.3 is 14.5 Å². The molecular formula is C17H32N2O. The van der Waals surface area contributed by atoms with Gasteiger partial charge in [0.2, 0.25) is 0 Å². The number of hydrogen-bond donors (Lipinski definition) is 0. The first kappa shape index (κ1) is 14.8. The van der Waals surface area contributed by atoms with Gasteiger partial charge in [-0.2, -0.15) is 0 Å². The Morgan fingerprint density at radius 1 is 0.900 bits per heavy atom. The van der Waals surface area contributed by atoms with Crippen molar-refractivity contribution in [1.82, 2.24) is 9.80 Å². The summed E-state index contributed by atoms with van der Waals surface area (Å²) in [4.78, 5) is 5.10. The molecule has 1 aliphatic carbocycles. The highest BCUT2D eigenvalue weighted by Crippen LogP contribution is 2.34. The summed E-state index contributed by atoms with van der Waals surface area (Å²) in [7, 11) is 2.22. The van der Waals surface area contributed by atoms with Gasteiger partial charge in [0.05, 0.1) is 12.2 Å². The highest BCUT2D eigenvalue weighted by Gasteiger charge is 2.30. The van der Waals surface area contributed by atoms with Crippen molar-refractivity contribution in [2.45, 2.75) is 57.7 Å². The lowest BCUT2D eigenvalue weighted by Crippen LogP contribution is -2.44. The Labute approximate surface area is 124 Å². The summed E-state index contributed by atoms with van der Waals surface area (Å²) in [6.07, 6.45) is 8.99. The van der Waals surface area contributed by atoms with Crippen LogP contribution in [0.1, 0.15) is 45.4 Å². The molecule has 3 nitrogen and oxygen atoms in total. The van der Waals surface area contributed by atoms with Crippen molar-refractivity contribution in [3.63, 3.8) is 0 Å². The van der Waals surface area contributed by atoms with Gasteiger partial charge in [-0.05, 0) is 57.4 Å². The maximum absolute atomic E-state index is 6.34. The fraction of sp³-hybridized carbons (Fsp3) is 1.00. The van der Waals surface area contributed by atoms with E-state index in [1.807, 2.05) is 0 Å². The van der Waals surface area contributed by atoms with Gasteiger partial charge in [0.15, 0.2) is 0 Å². The molecule has 0 amide bonds. The molecule has 0 unspecified atom stereocenters. The molecule has 3 fully saturated rings. The molecule has 0 N–H and O–H groups in total. The van der Waals surface area contributed by atoms with Crippen LogP contribution < -0.4 is 0 Å². The largest absolute Gasteiger partial charge is 0.375 e. The third-order valence-corrected chi connectivity index (χ3v) is 5.57. The van der Waals surface area contributed by atoms with Crippen molar-refractivity contribution in [1.29, 1.82) is 0 Å². The lowest BCUT2D eigenvalue weighted by molar-refractivity contribution is -0.0653. The van der Waals surface area contributed by atoms with Gasteiger partial charge in [-0.3, -0.25) is 0 Å². The van der Waals surface area contributed by atoms with Crippen LogP contribution in [-0.2, 0) is 4.74 Å². The molecule has 1 saturated carbocycles. The molecule has 0 aromatic carbocycles. The quantitative estimate of drug-likeness (QED) is 0.787. The first-order valence-corrected chi connectivity index (χ1v) is 8.75. The van der Waals surface area contributed by atoms with Crippen LogP contribution in [0.15, 0.2) is 0 Å². The molecule has 0 atom stereocenters. The lowest BCUT2D eigenvalue weighted by atomic mass is 9.76. The Bertz CT molecular complexity index is 287. The van der Waals surface area contributed by atoms with Crippen LogP contribution in [0.25, 0.3) is 0 Å². The minimum Gasteiger partial charge on any atom is -0.375 e. The van der Waals surface area contributed by atoms with Gasteiger partial charge in [-0.15, -0.1) is 0 Å². The molecule has 0 radical (unpaired) electrons. The zero-order valence-electron chi connectivity index (χ0n) is 13.4. The van der Waals surface area contributed by atoms with Gasteiger partial charge in [-0.25, -0.2) is 0 Å². The third kappa shape index (κ3) is 3.96. The normalized spacial score (nSPS) is 35.1. The van der Waals surface area contributed by atoms with Crippen LogP contribution in [0.2, 0.25) is 0 Å². The molecule has 3 aliphatic rings. The summed E-state index contributed by atoms with van der Waals surface area (Å²) >= 11 is 0. The summed E-state index contributed by atoms with van der Waals surface area (Å²) < 4.78 is 6.34. The highest BCUT2D eigenvalue weighted by molar-refractivity contribution is 4.82. The lowest BCUT2D eigenvalue weighted by Gasteiger charge is -2.40. The Balaban J connectivity index is 1.32. The van der Waals surface area contributed by atoms with Crippen LogP contribution in [0.3, 0.4) is 0 Å². The molecule has 0 spiro atoms. The topological polar surface area (TPSA) is 15.7 Å². The maximum atomic E-state index is 6.34. The van der Waals surface area contributed by atoms with Gasteiger partial charge >= 0.3 is 0 Å². The predicted octanol–water partition coefficient (Wildman–Crippen LogP) is 2.61. The van der Waals surface area contributed by atoms with E-state index in [2.05, 4.69) is 23.8 Å². The zero-order valence-corrected chi connectivity index (χ0v) is 13.4. The second kappa shape index (κ2) is 6.76. The molecule has 0 bridgehead atoms. The first-order valence-electron chi connectivity index (χ1n) is 8.75. The highest BCUT2D eigenvalue weighted by atomic mass is 16.5. The van der Waals surface area contributed by atoms with E-state index in [1.165, 1.54) is 71.2 Å². The number of ether oxygens (including phenoxy) is 1. The minimum atomic E-state index is 0.537. The molecule has 2 aliphatic heterocycles. The van der Waals surface area contributed by atoms with Gasteiger partial charge in [0, 0.05) is 32.7 Å². The van der Waals surface area contributed by atoms with Crippen LogP contribution in [0.4, 0.5) is 0 Å². The minimum absolute atomic E-state index is 0.537. The Morgan fingerprint density at radius 3 is 2.00 bits per heavy atom. The number of piperidine rings is 2. The Hall–Kier alpha value is -0.120. The summed E-state index contributed by atoms with van der Waals surface area (Å²) in [6, 6.07) is 0. The van der Waals surface area contributed by atoms with E-state index in [0.717, 1.165) is 11.8 Å². The molecule has 0 aromatic heterocycles. The second-order valence-corrected chi connectivity index (χ2v) is 7.58. The first-order chi connectivity index (χ1) is 9.69. The fourth-order valence-corrected chi connectivity index (χ4v) is 4.20. The van der Waals surface area contributed by atoms with Gasteiger partial charge in [0.25, 0.3) is 0 Å². The second-order valence-electron chi connectivity index (χ2n) is 7.58. The van der Waals surface area contributed by atoms with E-state index in [-0.39, 0.29) is 0 Å². The SMILES string of the molecule is CN1CCC(OC2CCN(C[C@H]3C[C@@H](C)C3)CC2)CC1. The van der Waals surface area contributed by atoms with Crippen molar-refractivity contribution in [3.8, 4) is 0 Å². The molecule has 3 rings (SSSR count). The number of nitrogens with zero attached hydrogens (tertiary/aromatic N) is 2. The van der Waals surface area contributed by atoms with E-state index >= 15 is 0 Å². The molecule has 0 aromatic rings. The maximum Gasteiger partial charge on any atom is 0.0603 e. The molecule has 116 valence electrons. The van der Waals surface area contributed by atoms with Crippen molar-refractivity contribution in [2.75, 3.05) is 39.8 Å².